The molecule has 4 rings (SSSR count). The first-order chi connectivity index (χ1) is 10.8. The molecule has 3 aliphatic rings. The lowest BCUT2D eigenvalue weighted by Crippen LogP contribution is -2.51. The van der Waals surface area contributed by atoms with Crippen molar-refractivity contribution in [2.24, 2.45) is 11.8 Å². The van der Waals surface area contributed by atoms with Gasteiger partial charge in [-0.15, -0.1) is 0 Å². The second kappa shape index (κ2) is 6.13. The summed E-state index contributed by atoms with van der Waals surface area (Å²) in [5.74, 6) is 1.39. The number of rotatable bonds is 4. The molecule has 0 radical (unpaired) electrons. The van der Waals surface area contributed by atoms with Crippen molar-refractivity contribution in [3.05, 3.63) is 27.7 Å². The number of hydrogen-bond acceptors (Lipinski definition) is 4. The molecule has 0 saturated carbocycles. The highest BCUT2D eigenvalue weighted by molar-refractivity contribution is 5.22. The van der Waals surface area contributed by atoms with E-state index in [9.17, 15) is 4.79 Å². The van der Waals surface area contributed by atoms with Gasteiger partial charge in [0.2, 0.25) is 0 Å². The van der Waals surface area contributed by atoms with E-state index in [1.54, 1.807) is 4.68 Å². The maximum absolute atomic E-state index is 12.1. The Kier molecular flexibility index (Phi) is 4.01. The summed E-state index contributed by atoms with van der Waals surface area (Å²) in [6.07, 6.45) is 5.62. The third-order valence-corrected chi connectivity index (χ3v) is 5.35. The van der Waals surface area contributed by atoms with Gasteiger partial charge in [0.25, 0.3) is 5.56 Å². The topological polar surface area (TPSA) is 47.4 Å². The number of aromatic nitrogens is 2. The lowest BCUT2D eigenvalue weighted by molar-refractivity contribution is 0.0204. The van der Waals surface area contributed by atoms with E-state index in [1.807, 2.05) is 6.07 Å². The summed E-state index contributed by atoms with van der Waals surface area (Å²) in [5, 5.41) is 4.58. The number of hydrogen-bond donors (Lipinski definition) is 0. The van der Waals surface area contributed by atoms with E-state index in [-0.39, 0.29) is 5.56 Å². The third kappa shape index (κ3) is 2.97. The van der Waals surface area contributed by atoms with Gasteiger partial charge in [-0.3, -0.25) is 4.79 Å². The van der Waals surface area contributed by atoms with E-state index in [4.69, 9.17) is 4.74 Å². The first-order valence-electron chi connectivity index (χ1n) is 8.68. The van der Waals surface area contributed by atoms with Gasteiger partial charge in [0.15, 0.2) is 0 Å². The SMILES string of the molecule is O=c1cc2c(nn1CC1CN(CC3CCOCC3)C1)CCC2. The molecule has 3 heterocycles. The van der Waals surface area contributed by atoms with Crippen molar-refractivity contribution in [1.82, 2.24) is 14.7 Å². The van der Waals surface area contributed by atoms with Gasteiger partial charge in [0.1, 0.15) is 0 Å². The molecule has 1 aromatic rings. The van der Waals surface area contributed by atoms with Crippen molar-refractivity contribution in [3.8, 4) is 0 Å². The fourth-order valence-electron chi connectivity index (χ4n) is 4.05. The molecule has 2 aliphatic heterocycles. The van der Waals surface area contributed by atoms with E-state index in [0.717, 1.165) is 63.7 Å². The van der Waals surface area contributed by atoms with Crippen LogP contribution in [-0.2, 0) is 24.1 Å². The van der Waals surface area contributed by atoms with E-state index < -0.39 is 0 Å². The van der Waals surface area contributed by atoms with Crippen LogP contribution in [0.25, 0.3) is 0 Å². The average Bonchev–Trinajstić information content (AvgIpc) is 2.93. The van der Waals surface area contributed by atoms with Gasteiger partial charge in [-0.2, -0.15) is 5.10 Å². The highest BCUT2D eigenvalue weighted by Gasteiger charge is 2.30. The average molecular weight is 303 g/mol. The second-order valence-electron chi connectivity index (χ2n) is 7.13. The van der Waals surface area contributed by atoms with Gasteiger partial charge in [-0.05, 0) is 43.6 Å². The van der Waals surface area contributed by atoms with Crippen LogP contribution in [0.1, 0.15) is 30.5 Å². The van der Waals surface area contributed by atoms with Gasteiger partial charge in [0.05, 0.1) is 12.2 Å². The Morgan fingerprint density at radius 1 is 1.14 bits per heavy atom. The smallest absolute Gasteiger partial charge is 0.267 e. The van der Waals surface area contributed by atoms with Crippen molar-refractivity contribution < 1.29 is 4.74 Å². The van der Waals surface area contributed by atoms with Gasteiger partial charge < -0.3 is 9.64 Å². The summed E-state index contributed by atoms with van der Waals surface area (Å²) in [6.45, 7) is 6.07. The van der Waals surface area contributed by atoms with Gasteiger partial charge >= 0.3 is 0 Å². The van der Waals surface area contributed by atoms with Crippen LogP contribution >= 0.6 is 0 Å². The predicted molar refractivity (Wildman–Crippen MR) is 84.0 cm³/mol. The molecule has 2 fully saturated rings. The summed E-state index contributed by atoms with van der Waals surface area (Å²) in [6, 6.07) is 1.81. The summed E-state index contributed by atoms with van der Waals surface area (Å²) in [7, 11) is 0. The molecule has 5 nitrogen and oxygen atoms in total. The molecule has 1 aliphatic carbocycles. The van der Waals surface area contributed by atoms with Gasteiger partial charge in [0, 0.05) is 44.8 Å². The zero-order valence-electron chi connectivity index (χ0n) is 13.2. The third-order valence-electron chi connectivity index (χ3n) is 5.35. The van der Waals surface area contributed by atoms with E-state index in [2.05, 4.69) is 10.00 Å². The quantitative estimate of drug-likeness (QED) is 0.835. The highest BCUT2D eigenvalue weighted by atomic mass is 16.5. The zero-order valence-corrected chi connectivity index (χ0v) is 13.2. The lowest BCUT2D eigenvalue weighted by atomic mass is 9.94. The fraction of sp³-hybridized carbons (Fsp3) is 0.765. The minimum atomic E-state index is 0.0866. The van der Waals surface area contributed by atoms with Crippen molar-refractivity contribution >= 4 is 0 Å². The van der Waals surface area contributed by atoms with Crippen LogP contribution in [-0.4, -0.2) is 47.5 Å². The first-order valence-corrected chi connectivity index (χ1v) is 8.68. The van der Waals surface area contributed by atoms with Gasteiger partial charge in [-0.1, -0.05) is 0 Å². The molecule has 5 heteroatoms. The molecule has 0 unspecified atom stereocenters. The molecule has 1 aromatic heterocycles. The number of aryl methyl sites for hydroxylation is 2. The van der Waals surface area contributed by atoms with Crippen molar-refractivity contribution in [2.45, 2.75) is 38.6 Å². The normalized spacial score (nSPS) is 23.5. The Balaban J connectivity index is 1.30. The monoisotopic (exact) mass is 303 g/mol. The zero-order chi connectivity index (χ0) is 14.9. The molecular weight excluding hydrogens is 278 g/mol. The first kappa shape index (κ1) is 14.4. The second-order valence-corrected chi connectivity index (χ2v) is 7.13. The molecular formula is C17H25N3O2. The summed E-state index contributed by atoms with van der Waals surface area (Å²) >= 11 is 0. The van der Waals surface area contributed by atoms with Gasteiger partial charge in [-0.25, -0.2) is 4.68 Å². The van der Waals surface area contributed by atoms with Crippen molar-refractivity contribution in [1.29, 1.82) is 0 Å². The fourth-order valence-corrected chi connectivity index (χ4v) is 4.05. The van der Waals surface area contributed by atoms with Crippen LogP contribution < -0.4 is 5.56 Å². The lowest BCUT2D eigenvalue weighted by Gasteiger charge is -2.41. The van der Waals surface area contributed by atoms with E-state index >= 15 is 0 Å². The molecule has 2 saturated heterocycles. The van der Waals surface area contributed by atoms with E-state index in [0.29, 0.717) is 5.92 Å². The van der Waals surface area contributed by atoms with Crippen LogP contribution in [0.4, 0.5) is 0 Å². The maximum Gasteiger partial charge on any atom is 0.267 e. The number of fused-ring (bicyclic) bond motifs is 1. The molecule has 0 atom stereocenters. The summed E-state index contributed by atoms with van der Waals surface area (Å²) in [5.41, 5.74) is 2.41. The molecule has 120 valence electrons. The molecule has 0 aromatic carbocycles. The number of nitrogens with zero attached hydrogens (tertiary/aromatic N) is 3. The Labute approximate surface area is 131 Å². The van der Waals surface area contributed by atoms with Crippen molar-refractivity contribution in [3.63, 3.8) is 0 Å². The highest BCUT2D eigenvalue weighted by Crippen LogP contribution is 2.23. The van der Waals surface area contributed by atoms with E-state index in [1.165, 1.54) is 24.9 Å². The van der Waals surface area contributed by atoms with Crippen LogP contribution in [0.2, 0.25) is 0 Å². The summed E-state index contributed by atoms with van der Waals surface area (Å²) < 4.78 is 7.13. The Hall–Kier alpha value is -1.20. The van der Waals surface area contributed by atoms with Crippen LogP contribution in [0.3, 0.4) is 0 Å². The molecule has 22 heavy (non-hydrogen) atoms. The molecule has 0 amide bonds. The molecule has 0 bridgehead atoms. The largest absolute Gasteiger partial charge is 0.381 e. The van der Waals surface area contributed by atoms with Crippen LogP contribution in [0, 0.1) is 11.8 Å². The molecule has 0 N–H and O–H groups in total. The predicted octanol–water partition coefficient (Wildman–Crippen LogP) is 1.09. The Morgan fingerprint density at radius 2 is 1.95 bits per heavy atom. The standard InChI is InChI=1S/C17H25N3O2/c21-17-8-15-2-1-3-16(15)18-20(17)12-14-10-19(11-14)9-13-4-6-22-7-5-13/h8,13-14H,1-7,9-12H2. The number of ether oxygens (including phenoxy) is 1. The maximum atomic E-state index is 12.1. The Bertz CT molecular complexity index is 586. The molecule has 0 spiro atoms. The summed E-state index contributed by atoms with van der Waals surface area (Å²) in [4.78, 5) is 14.7. The number of likely N-dealkylation sites (tertiary alicyclic amines) is 1. The minimum absolute atomic E-state index is 0.0866. The van der Waals surface area contributed by atoms with Crippen molar-refractivity contribution in [2.75, 3.05) is 32.8 Å². The van der Waals surface area contributed by atoms with Crippen LogP contribution in [0.5, 0.6) is 0 Å². The minimum Gasteiger partial charge on any atom is -0.381 e. The Morgan fingerprint density at radius 3 is 2.77 bits per heavy atom. The van der Waals surface area contributed by atoms with Crippen LogP contribution in [0.15, 0.2) is 10.9 Å².